The minimum atomic E-state index is -0.461. The molecular formula is C20H24N2O4. The average Bonchev–Trinajstić information content (AvgIpc) is 2.63. The molecule has 0 radical (unpaired) electrons. The van der Waals surface area contributed by atoms with Crippen molar-refractivity contribution in [1.29, 1.82) is 0 Å². The number of hydrazine groups is 1. The molecule has 0 fully saturated rings. The number of nitrogens with one attached hydrogen (secondary N) is 2. The first-order valence-electron chi connectivity index (χ1n) is 8.33. The molecule has 2 aromatic rings. The highest BCUT2D eigenvalue weighted by Gasteiger charge is 2.13. The fraction of sp³-hybridized carbons (Fsp3) is 0.300. The highest BCUT2D eigenvalue weighted by molar-refractivity contribution is 5.83. The van der Waals surface area contributed by atoms with E-state index in [0.29, 0.717) is 11.5 Å². The molecule has 26 heavy (non-hydrogen) atoms. The monoisotopic (exact) mass is 356 g/mol. The van der Waals surface area contributed by atoms with Crippen LogP contribution in [0.2, 0.25) is 0 Å². The minimum absolute atomic E-state index is 0.0575. The lowest BCUT2D eigenvalue weighted by molar-refractivity contribution is -0.131. The molecule has 0 saturated carbocycles. The van der Waals surface area contributed by atoms with Crippen LogP contribution in [0.4, 0.5) is 0 Å². The van der Waals surface area contributed by atoms with E-state index in [0.717, 1.165) is 0 Å². The van der Waals surface area contributed by atoms with Crippen LogP contribution < -0.4 is 20.3 Å². The molecule has 6 heteroatoms. The second-order valence-electron chi connectivity index (χ2n) is 6.76. The molecule has 0 unspecified atom stereocenters. The molecule has 0 saturated heterocycles. The largest absolute Gasteiger partial charge is 0.484 e. The summed E-state index contributed by atoms with van der Waals surface area (Å²) >= 11 is 0. The molecule has 138 valence electrons. The summed E-state index contributed by atoms with van der Waals surface area (Å²) < 4.78 is 10.7. The molecule has 0 aliphatic rings. The van der Waals surface area contributed by atoms with E-state index in [1.807, 2.05) is 30.3 Å². The maximum atomic E-state index is 11.7. The van der Waals surface area contributed by atoms with Gasteiger partial charge in [-0.3, -0.25) is 20.4 Å². The zero-order valence-corrected chi connectivity index (χ0v) is 15.2. The number of ether oxygens (including phenoxy) is 2. The van der Waals surface area contributed by atoms with Gasteiger partial charge in [0.25, 0.3) is 11.8 Å². The second-order valence-corrected chi connectivity index (χ2v) is 6.76. The number of hydrogen-bond donors (Lipinski definition) is 2. The Balaban J connectivity index is 1.67. The van der Waals surface area contributed by atoms with Crippen molar-refractivity contribution in [3.63, 3.8) is 0 Å². The highest BCUT2D eigenvalue weighted by Crippen LogP contribution is 2.24. The maximum absolute atomic E-state index is 11.7. The van der Waals surface area contributed by atoms with Gasteiger partial charge in [0.15, 0.2) is 13.2 Å². The van der Waals surface area contributed by atoms with Crippen molar-refractivity contribution in [2.24, 2.45) is 0 Å². The number of carbonyl (C=O) groups is 2. The molecule has 2 N–H and O–H groups in total. The molecule has 6 nitrogen and oxygen atoms in total. The third-order valence-corrected chi connectivity index (χ3v) is 3.54. The van der Waals surface area contributed by atoms with Crippen molar-refractivity contribution in [3.05, 3.63) is 60.2 Å². The topological polar surface area (TPSA) is 76.7 Å². The van der Waals surface area contributed by atoms with Crippen LogP contribution in [-0.2, 0) is 15.0 Å². The fourth-order valence-corrected chi connectivity index (χ4v) is 2.08. The molecule has 0 aliphatic carbocycles. The molecule has 0 heterocycles. The smallest absolute Gasteiger partial charge is 0.276 e. The van der Waals surface area contributed by atoms with Gasteiger partial charge in [0.05, 0.1) is 0 Å². The first kappa shape index (κ1) is 19.3. The first-order valence-corrected chi connectivity index (χ1v) is 8.33. The normalized spacial score (nSPS) is 10.7. The van der Waals surface area contributed by atoms with Gasteiger partial charge >= 0.3 is 0 Å². The number of rotatable bonds is 6. The molecule has 2 amide bonds. The number of carbonyl (C=O) groups excluding carboxylic acids is 2. The maximum Gasteiger partial charge on any atom is 0.276 e. The van der Waals surface area contributed by atoms with Crippen LogP contribution in [0.3, 0.4) is 0 Å². The Morgan fingerprint density at radius 1 is 0.769 bits per heavy atom. The van der Waals surface area contributed by atoms with Crippen LogP contribution in [0.15, 0.2) is 54.6 Å². The van der Waals surface area contributed by atoms with Gasteiger partial charge < -0.3 is 9.47 Å². The SMILES string of the molecule is CC(C)(C)c1ccc(OCC(=O)NNC(=O)COc2ccccc2)cc1. The van der Waals surface area contributed by atoms with Gasteiger partial charge in [0.1, 0.15) is 11.5 Å². The Morgan fingerprint density at radius 3 is 1.69 bits per heavy atom. The van der Waals surface area contributed by atoms with Gasteiger partial charge in [-0.15, -0.1) is 0 Å². The minimum Gasteiger partial charge on any atom is -0.484 e. The van der Waals surface area contributed by atoms with Crippen LogP contribution >= 0.6 is 0 Å². The van der Waals surface area contributed by atoms with Gasteiger partial charge in [0.2, 0.25) is 0 Å². The van der Waals surface area contributed by atoms with Crippen molar-refractivity contribution in [3.8, 4) is 11.5 Å². The quantitative estimate of drug-likeness (QED) is 0.780. The summed E-state index contributed by atoms with van der Waals surface area (Å²) in [5.41, 5.74) is 5.79. The van der Waals surface area contributed by atoms with Gasteiger partial charge in [-0.05, 0) is 35.2 Å². The van der Waals surface area contributed by atoms with Crippen LogP contribution in [-0.4, -0.2) is 25.0 Å². The molecule has 2 rings (SSSR count). The predicted molar refractivity (Wildman–Crippen MR) is 98.9 cm³/mol. The van der Waals surface area contributed by atoms with Gasteiger partial charge in [0, 0.05) is 0 Å². The molecule has 0 spiro atoms. The Bertz CT molecular complexity index is 722. The van der Waals surface area contributed by atoms with Gasteiger partial charge in [-0.1, -0.05) is 51.1 Å². The Hall–Kier alpha value is -3.02. The lowest BCUT2D eigenvalue weighted by Crippen LogP contribution is -2.45. The summed E-state index contributed by atoms with van der Waals surface area (Å²) in [6.07, 6.45) is 0. The average molecular weight is 356 g/mol. The Kier molecular flexibility index (Phi) is 6.60. The number of benzene rings is 2. The van der Waals surface area contributed by atoms with E-state index < -0.39 is 11.8 Å². The molecule has 0 bridgehead atoms. The molecular weight excluding hydrogens is 332 g/mol. The summed E-state index contributed by atoms with van der Waals surface area (Å²) in [5, 5.41) is 0. The van der Waals surface area contributed by atoms with E-state index in [2.05, 4.69) is 31.6 Å². The van der Waals surface area contributed by atoms with Gasteiger partial charge in [-0.2, -0.15) is 0 Å². The third kappa shape index (κ3) is 6.47. The Morgan fingerprint density at radius 2 is 1.23 bits per heavy atom. The van der Waals surface area contributed by atoms with E-state index in [4.69, 9.17) is 9.47 Å². The van der Waals surface area contributed by atoms with Crippen molar-refractivity contribution >= 4 is 11.8 Å². The van der Waals surface area contributed by atoms with E-state index in [-0.39, 0.29) is 18.6 Å². The summed E-state index contributed by atoms with van der Waals surface area (Å²) in [4.78, 5) is 23.4. The molecule has 0 atom stereocenters. The predicted octanol–water partition coefficient (Wildman–Crippen LogP) is 2.59. The summed E-state index contributed by atoms with van der Waals surface area (Å²) in [6, 6.07) is 16.5. The van der Waals surface area contributed by atoms with Crippen LogP contribution in [0.1, 0.15) is 26.3 Å². The fourth-order valence-electron chi connectivity index (χ4n) is 2.08. The van der Waals surface area contributed by atoms with Crippen molar-refractivity contribution in [2.75, 3.05) is 13.2 Å². The Labute approximate surface area is 153 Å². The lowest BCUT2D eigenvalue weighted by atomic mass is 9.87. The molecule has 2 aromatic carbocycles. The van der Waals surface area contributed by atoms with E-state index >= 15 is 0 Å². The van der Waals surface area contributed by atoms with Crippen molar-refractivity contribution < 1.29 is 19.1 Å². The molecule has 0 aliphatic heterocycles. The zero-order chi connectivity index (χ0) is 19.0. The standard InChI is InChI=1S/C20H24N2O4/c1-20(2,3)15-9-11-17(12-10-15)26-14-19(24)22-21-18(23)13-25-16-7-5-4-6-8-16/h4-12H,13-14H2,1-3H3,(H,21,23)(H,22,24). The van der Waals surface area contributed by atoms with Crippen LogP contribution in [0, 0.1) is 0 Å². The number of amides is 2. The number of para-hydroxylation sites is 1. The second kappa shape index (κ2) is 8.89. The first-order chi connectivity index (χ1) is 12.3. The van der Waals surface area contributed by atoms with E-state index in [1.54, 1.807) is 24.3 Å². The van der Waals surface area contributed by atoms with E-state index in [1.165, 1.54) is 5.56 Å². The van der Waals surface area contributed by atoms with Crippen LogP contribution in [0.5, 0.6) is 11.5 Å². The third-order valence-electron chi connectivity index (χ3n) is 3.54. The van der Waals surface area contributed by atoms with Gasteiger partial charge in [-0.25, -0.2) is 0 Å². The summed E-state index contributed by atoms with van der Waals surface area (Å²) in [7, 11) is 0. The number of hydrogen-bond acceptors (Lipinski definition) is 4. The lowest BCUT2D eigenvalue weighted by Gasteiger charge is -2.19. The summed E-state index contributed by atoms with van der Waals surface area (Å²) in [6.45, 7) is 5.98. The highest BCUT2D eigenvalue weighted by atomic mass is 16.5. The van der Waals surface area contributed by atoms with Crippen LogP contribution in [0.25, 0.3) is 0 Å². The zero-order valence-electron chi connectivity index (χ0n) is 15.2. The summed E-state index contributed by atoms with van der Waals surface area (Å²) in [5.74, 6) is 0.248. The molecule has 0 aromatic heterocycles. The van der Waals surface area contributed by atoms with Crippen molar-refractivity contribution in [2.45, 2.75) is 26.2 Å². The van der Waals surface area contributed by atoms with E-state index in [9.17, 15) is 9.59 Å². The van der Waals surface area contributed by atoms with Crippen molar-refractivity contribution in [1.82, 2.24) is 10.9 Å².